The number of carbonyl (C=O) groups excluding carboxylic acids is 1. The first-order valence-electron chi connectivity index (χ1n) is 9.43. The standard InChI is InChI=1S/C22H29N3O/c1-24(2)14-5-13-23-22(26)20-10-8-18(9-11-20)16-25-15-12-19-6-3-4-7-21(19)17-25/h3-4,6-11H,5,12-17H2,1-2H3,(H,23,26). The van der Waals surface area contributed by atoms with Gasteiger partial charge in [-0.2, -0.15) is 0 Å². The van der Waals surface area contributed by atoms with Crippen LogP contribution in [-0.4, -0.2) is 49.4 Å². The summed E-state index contributed by atoms with van der Waals surface area (Å²) in [5, 5.41) is 2.99. The largest absolute Gasteiger partial charge is 0.352 e. The Morgan fingerprint density at radius 3 is 2.54 bits per heavy atom. The number of amides is 1. The lowest BCUT2D eigenvalue weighted by atomic mass is 9.99. The number of nitrogens with zero attached hydrogens (tertiary/aromatic N) is 2. The molecule has 1 aliphatic rings. The van der Waals surface area contributed by atoms with E-state index in [9.17, 15) is 4.79 Å². The lowest BCUT2D eigenvalue weighted by Gasteiger charge is -2.28. The number of fused-ring (bicyclic) bond motifs is 1. The Hall–Kier alpha value is -2.17. The maximum atomic E-state index is 12.2. The molecule has 1 amide bonds. The van der Waals surface area contributed by atoms with Crippen LogP contribution >= 0.6 is 0 Å². The van der Waals surface area contributed by atoms with E-state index in [-0.39, 0.29) is 5.91 Å². The summed E-state index contributed by atoms with van der Waals surface area (Å²) >= 11 is 0. The summed E-state index contributed by atoms with van der Waals surface area (Å²) in [6.45, 7) is 4.72. The smallest absolute Gasteiger partial charge is 0.251 e. The minimum Gasteiger partial charge on any atom is -0.352 e. The van der Waals surface area contributed by atoms with E-state index in [1.54, 1.807) is 0 Å². The Morgan fingerprint density at radius 2 is 1.81 bits per heavy atom. The van der Waals surface area contributed by atoms with Gasteiger partial charge in [0, 0.05) is 31.7 Å². The van der Waals surface area contributed by atoms with Gasteiger partial charge in [-0.25, -0.2) is 0 Å². The summed E-state index contributed by atoms with van der Waals surface area (Å²) in [5.74, 6) is 0.0159. The highest BCUT2D eigenvalue weighted by molar-refractivity contribution is 5.94. The second kappa shape index (κ2) is 8.97. The molecule has 0 radical (unpaired) electrons. The SMILES string of the molecule is CN(C)CCCNC(=O)c1ccc(CN2CCc3ccccc3C2)cc1. The van der Waals surface area contributed by atoms with E-state index in [4.69, 9.17) is 0 Å². The zero-order chi connectivity index (χ0) is 18.4. The maximum Gasteiger partial charge on any atom is 0.251 e. The molecule has 2 aromatic rings. The normalized spacial score (nSPS) is 14.3. The highest BCUT2D eigenvalue weighted by Gasteiger charge is 2.15. The maximum absolute atomic E-state index is 12.2. The van der Waals surface area contributed by atoms with Crippen LogP contribution < -0.4 is 5.32 Å². The molecule has 1 N–H and O–H groups in total. The van der Waals surface area contributed by atoms with Crippen molar-refractivity contribution in [1.82, 2.24) is 15.1 Å². The highest BCUT2D eigenvalue weighted by Crippen LogP contribution is 2.20. The summed E-state index contributed by atoms with van der Waals surface area (Å²) in [7, 11) is 4.09. The van der Waals surface area contributed by atoms with Crippen molar-refractivity contribution in [1.29, 1.82) is 0 Å². The summed E-state index contributed by atoms with van der Waals surface area (Å²) < 4.78 is 0. The molecule has 2 aromatic carbocycles. The lowest BCUT2D eigenvalue weighted by Crippen LogP contribution is -2.30. The van der Waals surface area contributed by atoms with Gasteiger partial charge in [-0.1, -0.05) is 36.4 Å². The number of hydrogen-bond acceptors (Lipinski definition) is 3. The highest BCUT2D eigenvalue weighted by atomic mass is 16.1. The number of nitrogens with one attached hydrogen (secondary N) is 1. The van der Waals surface area contributed by atoms with Gasteiger partial charge in [0.25, 0.3) is 5.91 Å². The van der Waals surface area contributed by atoms with Gasteiger partial charge in [0.2, 0.25) is 0 Å². The number of benzene rings is 2. The first kappa shape index (κ1) is 18.6. The molecule has 0 unspecified atom stereocenters. The van der Waals surface area contributed by atoms with Crippen molar-refractivity contribution < 1.29 is 4.79 Å². The molecule has 3 rings (SSSR count). The number of hydrogen-bond donors (Lipinski definition) is 1. The van der Waals surface area contributed by atoms with Crippen molar-refractivity contribution in [3.8, 4) is 0 Å². The fraction of sp³-hybridized carbons (Fsp3) is 0.409. The first-order chi connectivity index (χ1) is 12.6. The number of carbonyl (C=O) groups is 1. The van der Waals surface area contributed by atoms with Gasteiger partial charge in [-0.15, -0.1) is 0 Å². The van der Waals surface area contributed by atoms with Crippen LogP contribution in [0, 0.1) is 0 Å². The third kappa shape index (κ3) is 5.16. The fourth-order valence-corrected chi connectivity index (χ4v) is 3.41. The fourth-order valence-electron chi connectivity index (χ4n) is 3.41. The minimum absolute atomic E-state index is 0.0159. The summed E-state index contributed by atoms with van der Waals surface area (Å²) in [6, 6.07) is 16.7. The second-order valence-electron chi connectivity index (χ2n) is 7.34. The summed E-state index contributed by atoms with van der Waals surface area (Å²) in [4.78, 5) is 16.8. The average Bonchev–Trinajstić information content (AvgIpc) is 2.65. The van der Waals surface area contributed by atoms with E-state index >= 15 is 0 Å². The Bertz CT molecular complexity index is 724. The molecule has 4 nitrogen and oxygen atoms in total. The molecule has 0 saturated carbocycles. The predicted octanol–water partition coefficient (Wildman–Crippen LogP) is 2.93. The van der Waals surface area contributed by atoms with Gasteiger partial charge in [-0.05, 0) is 62.3 Å². The van der Waals surface area contributed by atoms with E-state index in [1.165, 1.54) is 16.7 Å². The predicted molar refractivity (Wildman–Crippen MR) is 106 cm³/mol. The molecule has 26 heavy (non-hydrogen) atoms. The van der Waals surface area contributed by atoms with Crippen LogP contribution in [0.2, 0.25) is 0 Å². The second-order valence-corrected chi connectivity index (χ2v) is 7.34. The molecule has 0 fully saturated rings. The van der Waals surface area contributed by atoms with Gasteiger partial charge in [0.1, 0.15) is 0 Å². The van der Waals surface area contributed by atoms with Crippen molar-refractivity contribution in [2.45, 2.75) is 25.9 Å². The molecule has 0 atom stereocenters. The van der Waals surface area contributed by atoms with E-state index in [0.717, 1.165) is 44.6 Å². The molecule has 1 aliphatic heterocycles. The van der Waals surface area contributed by atoms with Crippen molar-refractivity contribution in [3.63, 3.8) is 0 Å². The Balaban J connectivity index is 1.49. The quantitative estimate of drug-likeness (QED) is 0.779. The Morgan fingerprint density at radius 1 is 1.08 bits per heavy atom. The lowest BCUT2D eigenvalue weighted by molar-refractivity contribution is 0.0952. The van der Waals surface area contributed by atoms with E-state index in [2.05, 4.69) is 51.5 Å². The van der Waals surface area contributed by atoms with Crippen LogP contribution in [-0.2, 0) is 19.5 Å². The van der Waals surface area contributed by atoms with Crippen LogP contribution in [0.3, 0.4) is 0 Å². The number of rotatable bonds is 7. The molecule has 0 spiro atoms. The summed E-state index contributed by atoms with van der Waals surface area (Å²) in [6.07, 6.45) is 2.08. The molecule has 4 heteroatoms. The zero-order valence-electron chi connectivity index (χ0n) is 15.9. The summed E-state index contributed by atoms with van der Waals surface area (Å²) in [5.41, 5.74) is 4.91. The molecule has 138 valence electrons. The molecule has 0 aromatic heterocycles. The molecular weight excluding hydrogens is 322 g/mol. The first-order valence-corrected chi connectivity index (χ1v) is 9.43. The zero-order valence-corrected chi connectivity index (χ0v) is 15.9. The third-order valence-corrected chi connectivity index (χ3v) is 4.90. The van der Waals surface area contributed by atoms with E-state index in [1.807, 2.05) is 26.2 Å². The topological polar surface area (TPSA) is 35.6 Å². The van der Waals surface area contributed by atoms with Crippen LogP contribution in [0.15, 0.2) is 48.5 Å². The van der Waals surface area contributed by atoms with Gasteiger partial charge in [-0.3, -0.25) is 9.69 Å². The Labute approximate surface area is 156 Å². The molecule has 1 heterocycles. The van der Waals surface area contributed by atoms with Crippen molar-refractivity contribution in [3.05, 3.63) is 70.8 Å². The van der Waals surface area contributed by atoms with Gasteiger partial charge in [0.05, 0.1) is 0 Å². The Kier molecular flexibility index (Phi) is 6.42. The van der Waals surface area contributed by atoms with Crippen LogP contribution in [0.25, 0.3) is 0 Å². The van der Waals surface area contributed by atoms with Crippen LogP contribution in [0.4, 0.5) is 0 Å². The minimum atomic E-state index is 0.0159. The molecular formula is C22H29N3O. The molecule has 0 aliphatic carbocycles. The van der Waals surface area contributed by atoms with Crippen LogP contribution in [0.1, 0.15) is 33.5 Å². The van der Waals surface area contributed by atoms with Gasteiger partial charge >= 0.3 is 0 Å². The molecule has 0 bridgehead atoms. The van der Waals surface area contributed by atoms with E-state index < -0.39 is 0 Å². The van der Waals surface area contributed by atoms with Crippen molar-refractivity contribution in [2.75, 3.05) is 33.7 Å². The van der Waals surface area contributed by atoms with Crippen molar-refractivity contribution >= 4 is 5.91 Å². The third-order valence-electron chi connectivity index (χ3n) is 4.90. The van der Waals surface area contributed by atoms with Crippen LogP contribution in [0.5, 0.6) is 0 Å². The average molecular weight is 351 g/mol. The monoisotopic (exact) mass is 351 g/mol. The van der Waals surface area contributed by atoms with E-state index in [0.29, 0.717) is 6.54 Å². The van der Waals surface area contributed by atoms with Gasteiger partial charge < -0.3 is 10.2 Å². The molecule has 0 saturated heterocycles. The van der Waals surface area contributed by atoms with Crippen molar-refractivity contribution in [2.24, 2.45) is 0 Å². The van der Waals surface area contributed by atoms with Gasteiger partial charge in [0.15, 0.2) is 0 Å².